The fourth-order valence-electron chi connectivity index (χ4n) is 3.06. The average Bonchev–Trinajstić information content (AvgIpc) is 2.60. The minimum absolute atomic E-state index is 0.0598. The lowest BCUT2D eigenvalue weighted by molar-refractivity contribution is -0.138. The Kier molecular flexibility index (Phi) is 4.54. The number of benzene rings is 2. The maximum Gasteiger partial charge on any atom is 0.416 e. The largest absolute Gasteiger partial charge is 0.416 e. The van der Waals surface area contributed by atoms with Gasteiger partial charge in [-0.15, -0.1) is 0 Å². The lowest BCUT2D eigenvalue weighted by Crippen LogP contribution is -2.51. The molecule has 26 heavy (non-hydrogen) atoms. The molecule has 134 valence electrons. The molecule has 0 radical (unpaired) electrons. The Morgan fingerprint density at radius 1 is 1.00 bits per heavy atom. The summed E-state index contributed by atoms with van der Waals surface area (Å²) in [5, 5.41) is 4.84. The third-order valence-corrected chi connectivity index (χ3v) is 4.21. The van der Waals surface area contributed by atoms with Crippen LogP contribution in [0.2, 0.25) is 0 Å². The number of rotatable bonds is 3. The van der Waals surface area contributed by atoms with Crippen molar-refractivity contribution in [3.8, 4) is 0 Å². The Morgan fingerprint density at radius 2 is 1.62 bits per heavy atom. The van der Waals surface area contributed by atoms with Crippen molar-refractivity contribution in [1.82, 2.24) is 10.6 Å². The van der Waals surface area contributed by atoms with Gasteiger partial charge < -0.3 is 10.6 Å². The number of urea groups is 1. The summed E-state index contributed by atoms with van der Waals surface area (Å²) >= 11 is 0. The fourth-order valence-corrected chi connectivity index (χ4v) is 3.06. The Hall–Kier alpha value is -3.09. The molecular weight excluding hydrogens is 345 g/mol. The van der Waals surface area contributed by atoms with Crippen LogP contribution in [-0.2, 0) is 6.18 Å². The van der Waals surface area contributed by atoms with E-state index in [1.165, 1.54) is 18.2 Å². The van der Waals surface area contributed by atoms with E-state index in [0.717, 1.165) is 6.07 Å². The molecule has 7 heteroatoms. The number of amides is 2. The van der Waals surface area contributed by atoms with E-state index < -0.39 is 35.5 Å². The van der Waals surface area contributed by atoms with E-state index in [4.69, 9.17) is 0 Å². The van der Waals surface area contributed by atoms with Crippen molar-refractivity contribution >= 4 is 11.8 Å². The van der Waals surface area contributed by atoms with Gasteiger partial charge in [0.1, 0.15) is 0 Å². The van der Waals surface area contributed by atoms with Gasteiger partial charge in [-0.1, -0.05) is 55.1 Å². The van der Waals surface area contributed by atoms with Crippen LogP contribution in [0.15, 0.2) is 66.9 Å². The van der Waals surface area contributed by atoms with Crippen LogP contribution in [0.25, 0.3) is 0 Å². The highest BCUT2D eigenvalue weighted by atomic mass is 19.4. The minimum atomic E-state index is -4.62. The Morgan fingerprint density at radius 3 is 2.27 bits per heavy atom. The number of hydrogen-bond acceptors (Lipinski definition) is 2. The molecule has 2 aromatic carbocycles. The summed E-state index contributed by atoms with van der Waals surface area (Å²) in [6.07, 6.45) is -4.62. The first kappa shape index (κ1) is 17.7. The van der Waals surface area contributed by atoms with Crippen molar-refractivity contribution in [2.24, 2.45) is 5.92 Å². The predicted molar refractivity (Wildman–Crippen MR) is 89.3 cm³/mol. The second-order valence-electron chi connectivity index (χ2n) is 5.89. The summed E-state index contributed by atoms with van der Waals surface area (Å²) in [4.78, 5) is 24.8. The molecular formula is C19H15F3N2O2. The number of carbonyl (C=O) groups is 2. The van der Waals surface area contributed by atoms with Crippen LogP contribution < -0.4 is 10.6 Å². The van der Waals surface area contributed by atoms with Crippen LogP contribution in [0.4, 0.5) is 18.0 Å². The van der Waals surface area contributed by atoms with Gasteiger partial charge in [0.05, 0.1) is 17.5 Å². The lowest BCUT2D eigenvalue weighted by Gasteiger charge is -2.35. The quantitative estimate of drug-likeness (QED) is 0.811. The van der Waals surface area contributed by atoms with Gasteiger partial charge in [-0.25, -0.2) is 4.79 Å². The second-order valence-corrected chi connectivity index (χ2v) is 5.89. The van der Waals surface area contributed by atoms with Gasteiger partial charge in [-0.2, -0.15) is 13.2 Å². The number of ketones is 1. The monoisotopic (exact) mass is 360 g/mol. The summed E-state index contributed by atoms with van der Waals surface area (Å²) in [5.74, 6) is -1.50. The second kappa shape index (κ2) is 6.67. The lowest BCUT2D eigenvalue weighted by atomic mass is 9.81. The molecule has 0 aliphatic carbocycles. The SMILES string of the molecule is C=C1NC(=O)N[C@@H](c2ccccc2C(F)(F)F)[C@H]1C(=O)c1ccccc1. The summed E-state index contributed by atoms with van der Waals surface area (Å²) in [5.41, 5.74) is -0.688. The van der Waals surface area contributed by atoms with Gasteiger partial charge in [0.15, 0.2) is 5.78 Å². The molecule has 2 aromatic rings. The molecule has 2 N–H and O–H groups in total. The average molecular weight is 360 g/mol. The van der Waals surface area contributed by atoms with E-state index in [1.54, 1.807) is 30.3 Å². The molecule has 0 spiro atoms. The zero-order chi connectivity index (χ0) is 18.9. The molecule has 0 unspecified atom stereocenters. The van der Waals surface area contributed by atoms with E-state index in [2.05, 4.69) is 17.2 Å². The van der Waals surface area contributed by atoms with E-state index in [9.17, 15) is 22.8 Å². The number of hydrogen-bond donors (Lipinski definition) is 2. The van der Waals surface area contributed by atoms with Gasteiger partial charge in [0.2, 0.25) is 0 Å². The molecule has 1 heterocycles. The van der Waals surface area contributed by atoms with Crippen molar-refractivity contribution in [3.05, 3.63) is 83.6 Å². The maximum atomic E-state index is 13.4. The number of Topliss-reactive ketones (excluding diaryl/α,β-unsaturated/α-hetero) is 1. The standard InChI is InChI=1S/C19H15F3N2O2/c1-11-15(17(25)12-7-3-2-4-8-12)16(24-18(26)23-11)13-9-5-6-10-14(13)19(20,21)22/h2-10,15-16H,1H2,(H2,23,24,26)/t15-,16-/m0/s1. The number of nitrogens with one attached hydrogen (secondary N) is 2. The number of alkyl halides is 3. The van der Waals surface area contributed by atoms with Crippen molar-refractivity contribution in [2.45, 2.75) is 12.2 Å². The van der Waals surface area contributed by atoms with Crippen molar-refractivity contribution in [3.63, 3.8) is 0 Å². The highest BCUT2D eigenvalue weighted by Gasteiger charge is 2.42. The Labute approximate surface area is 147 Å². The van der Waals surface area contributed by atoms with E-state index in [0.29, 0.717) is 5.56 Å². The summed E-state index contributed by atoms with van der Waals surface area (Å²) in [7, 11) is 0. The van der Waals surface area contributed by atoms with Crippen molar-refractivity contribution in [1.29, 1.82) is 0 Å². The zero-order valence-electron chi connectivity index (χ0n) is 13.5. The third kappa shape index (κ3) is 3.33. The van der Waals surface area contributed by atoms with Gasteiger partial charge in [0, 0.05) is 11.3 Å². The van der Waals surface area contributed by atoms with Gasteiger partial charge in [-0.05, 0) is 11.6 Å². The highest BCUT2D eigenvalue weighted by Crippen LogP contribution is 2.39. The molecule has 1 saturated heterocycles. The smallest absolute Gasteiger partial charge is 0.330 e. The van der Waals surface area contributed by atoms with E-state index in [-0.39, 0.29) is 11.3 Å². The zero-order valence-corrected chi connectivity index (χ0v) is 13.5. The summed E-state index contributed by atoms with van der Waals surface area (Å²) < 4.78 is 40.2. The third-order valence-electron chi connectivity index (χ3n) is 4.21. The Bertz CT molecular complexity index is 863. The molecule has 1 aliphatic heterocycles. The molecule has 1 fully saturated rings. The maximum absolute atomic E-state index is 13.4. The molecule has 0 bridgehead atoms. The first-order valence-corrected chi connectivity index (χ1v) is 7.80. The minimum Gasteiger partial charge on any atom is -0.330 e. The van der Waals surface area contributed by atoms with Crippen LogP contribution in [-0.4, -0.2) is 11.8 Å². The molecule has 1 aliphatic rings. The molecule has 2 atom stereocenters. The first-order valence-electron chi connectivity index (χ1n) is 7.80. The summed E-state index contributed by atoms with van der Waals surface area (Å²) in [6.45, 7) is 3.69. The number of halogens is 3. The van der Waals surface area contributed by atoms with Crippen LogP contribution >= 0.6 is 0 Å². The number of carbonyl (C=O) groups excluding carboxylic acids is 2. The molecule has 0 aromatic heterocycles. The highest BCUT2D eigenvalue weighted by molar-refractivity contribution is 6.01. The van der Waals surface area contributed by atoms with Crippen LogP contribution in [0.3, 0.4) is 0 Å². The van der Waals surface area contributed by atoms with Gasteiger partial charge in [0.25, 0.3) is 0 Å². The normalized spacial score (nSPS) is 20.3. The van der Waals surface area contributed by atoms with Crippen LogP contribution in [0, 0.1) is 5.92 Å². The van der Waals surface area contributed by atoms with Gasteiger partial charge in [-0.3, -0.25) is 4.79 Å². The van der Waals surface area contributed by atoms with Crippen LogP contribution in [0.5, 0.6) is 0 Å². The topological polar surface area (TPSA) is 58.2 Å². The fraction of sp³-hybridized carbons (Fsp3) is 0.158. The summed E-state index contributed by atoms with van der Waals surface area (Å²) in [6, 6.07) is 11.2. The van der Waals surface area contributed by atoms with Crippen molar-refractivity contribution < 1.29 is 22.8 Å². The Balaban J connectivity index is 2.10. The molecule has 0 saturated carbocycles. The van der Waals surface area contributed by atoms with Gasteiger partial charge >= 0.3 is 12.2 Å². The van der Waals surface area contributed by atoms with E-state index >= 15 is 0 Å². The van der Waals surface area contributed by atoms with Crippen LogP contribution in [0.1, 0.15) is 27.5 Å². The molecule has 3 rings (SSSR count). The van der Waals surface area contributed by atoms with E-state index in [1.807, 2.05) is 0 Å². The van der Waals surface area contributed by atoms with Crippen molar-refractivity contribution in [2.75, 3.05) is 0 Å². The first-order chi connectivity index (χ1) is 12.3. The predicted octanol–water partition coefficient (Wildman–Crippen LogP) is 4.07. The molecule has 2 amide bonds. The molecule has 4 nitrogen and oxygen atoms in total.